The maximum absolute atomic E-state index is 14.1. The third kappa shape index (κ3) is 3.53. The maximum atomic E-state index is 14.1. The number of carbonyl (C=O) groups is 1. The van der Waals surface area contributed by atoms with Crippen LogP contribution in [-0.4, -0.2) is 58.7 Å². The van der Waals surface area contributed by atoms with E-state index in [9.17, 15) is 79.4 Å². The number of halogens is 17. The zero-order valence-corrected chi connectivity index (χ0v) is 12.5. The molecule has 0 bridgehead atoms. The molecule has 0 saturated heterocycles. The Morgan fingerprint density at radius 1 is 0.517 bits per heavy atom. The molecule has 1 unspecified atom stereocenters. The molecular weight excluding hydrogens is 475 g/mol. The summed E-state index contributed by atoms with van der Waals surface area (Å²) in [5.74, 6) is -29.0. The highest BCUT2D eigenvalue weighted by atomic mass is 19.4. The van der Waals surface area contributed by atoms with Crippen LogP contribution in [0.15, 0.2) is 0 Å². The number of aliphatic carboxylic acids is 1. The monoisotopic (exact) mass is 478 g/mol. The zero-order valence-electron chi connectivity index (χ0n) is 12.5. The Balaban J connectivity index is 7.37. The number of carboxylic acids is 1. The van der Waals surface area contributed by atoms with Crippen molar-refractivity contribution in [3.05, 3.63) is 0 Å². The van der Waals surface area contributed by atoms with E-state index >= 15 is 0 Å². The van der Waals surface area contributed by atoms with Crippen molar-refractivity contribution in [3.8, 4) is 0 Å². The van der Waals surface area contributed by atoms with E-state index < -0.39 is 60.0 Å². The summed E-state index contributed by atoms with van der Waals surface area (Å²) in [4.78, 5) is 10.2. The van der Waals surface area contributed by atoms with Crippen LogP contribution in [0.1, 0.15) is 6.42 Å². The molecule has 0 aliphatic rings. The molecule has 0 aliphatic heterocycles. The number of carboxylic acid groups (broad SMARTS) is 1. The number of alkyl halides is 17. The molecule has 1 atom stereocenters. The van der Waals surface area contributed by atoms with E-state index in [1.165, 1.54) is 0 Å². The topological polar surface area (TPSA) is 37.3 Å². The van der Waals surface area contributed by atoms with Crippen LogP contribution in [0.5, 0.6) is 0 Å². The molecule has 0 saturated carbocycles. The Hall–Kier alpha value is -1.72. The van der Waals surface area contributed by atoms with Gasteiger partial charge < -0.3 is 5.11 Å². The molecule has 0 fully saturated rings. The first-order chi connectivity index (χ1) is 12.2. The lowest BCUT2D eigenvalue weighted by molar-refractivity contribution is -0.450. The predicted molar refractivity (Wildman–Crippen MR) is 52.9 cm³/mol. The second-order valence-electron chi connectivity index (χ2n) is 5.25. The first-order valence-corrected chi connectivity index (χ1v) is 6.10. The lowest BCUT2D eigenvalue weighted by Crippen LogP contribution is -2.78. The Kier molecular flexibility index (Phi) is 6.25. The zero-order chi connectivity index (χ0) is 24.3. The molecule has 0 aromatic rings. The van der Waals surface area contributed by atoms with Crippen LogP contribution < -0.4 is 0 Å². The van der Waals surface area contributed by atoms with Crippen molar-refractivity contribution in [3.63, 3.8) is 0 Å². The molecule has 0 aromatic carbocycles. The molecule has 174 valence electrons. The summed E-state index contributed by atoms with van der Waals surface area (Å²) in [6.07, 6.45) is -28.2. The van der Waals surface area contributed by atoms with Gasteiger partial charge in [-0.3, -0.25) is 4.79 Å². The molecule has 0 spiro atoms. The van der Waals surface area contributed by atoms with Crippen molar-refractivity contribution in [2.45, 2.75) is 54.1 Å². The highest BCUT2D eigenvalue weighted by molar-refractivity contribution is 5.69. The van der Waals surface area contributed by atoms with Crippen LogP contribution in [0.2, 0.25) is 0 Å². The average molecular weight is 478 g/mol. The highest BCUT2D eigenvalue weighted by Crippen LogP contribution is 2.65. The van der Waals surface area contributed by atoms with Gasteiger partial charge in [0.2, 0.25) is 5.67 Å². The van der Waals surface area contributed by atoms with E-state index in [4.69, 9.17) is 5.11 Å². The van der Waals surface area contributed by atoms with Crippen molar-refractivity contribution < 1.29 is 84.5 Å². The van der Waals surface area contributed by atoms with E-state index in [2.05, 4.69) is 0 Å². The summed E-state index contributed by atoms with van der Waals surface area (Å²) >= 11 is 0. The summed E-state index contributed by atoms with van der Waals surface area (Å²) in [5.41, 5.74) is -16.3. The minimum Gasteiger partial charge on any atom is -0.481 e. The van der Waals surface area contributed by atoms with Crippen LogP contribution >= 0.6 is 0 Å². The molecule has 2 nitrogen and oxygen atoms in total. The second-order valence-corrected chi connectivity index (χ2v) is 5.25. The summed E-state index contributed by atoms with van der Waals surface area (Å²) in [5, 5.41) is 8.01. The summed E-state index contributed by atoms with van der Waals surface area (Å²) < 4.78 is 217. The molecule has 0 radical (unpaired) electrons. The minimum atomic E-state index is -8.54. The standard InChI is InChI=1S/C10H3F17O2/c11-3(1-2(28)29,4(12,8(19,20)21)9(22,23)24)5(13,14)6(15,16)7(17,18)10(25,26)27/h1H2,(H,28,29). The fourth-order valence-corrected chi connectivity index (χ4v) is 1.89. The summed E-state index contributed by atoms with van der Waals surface area (Å²) in [6, 6.07) is 0. The van der Waals surface area contributed by atoms with Crippen LogP contribution in [0.3, 0.4) is 0 Å². The fraction of sp³-hybridized carbons (Fsp3) is 0.900. The van der Waals surface area contributed by atoms with Gasteiger partial charge in [-0.25, -0.2) is 8.78 Å². The molecule has 29 heavy (non-hydrogen) atoms. The third-order valence-electron chi connectivity index (χ3n) is 3.36. The molecule has 1 N–H and O–H groups in total. The van der Waals surface area contributed by atoms with E-state index in [0.29, 0.717) is 0 Å². The van der Waals surface area contributed by atoms with E-state index in [-0.39, 0.29) is 0 Å². The SMILES string of the molecule is O=C(O)CC(F)(C(F)(F)C(F)(F)C(F)(F)C(F)(F)F)C(F)(C(F)(F)F)C(F)(F)F. The molecule has 0 aliphatic carbocycles. The Morgan fingerprint density at radius 2 is 0.828 bits per heavy atom. The van der Waals surface area contributed by atoms with Gasteiger partial charge in [0.05, 0.1) is 6.42 Å². The van der Waals surface area contributed by atoms with Crippen LogP contribution in [-0.2, 0) is 4.79 Å². The minimum absolute atomic E-state index is 3.66. The third-order valence-corrected chi connectivity index (χ3v) is 3.36. The van der Waals surface area contributed by atoms with Gasteiger partial charge in [0.15, 0.2) is 0 Å². The van der Waals surface area contributed by atoms with Gasteiger partial charge in [-0.1, -0.05) is 0 Å². The van der Waals surface area contributed by atoms with E-state index in [1.807, 2.05) is 0 Å². The van der Waals surface area contributed by atoms with E-state index in [1.54, 1.807) is 0 Å². The largest absolute Gasteiger partial charge is 0.481 e. The Labute approximate surface area is 146 Å². The molecular formula is C10H3F17O2. The quantitative estimate of drug-likeness (QED) is 0.515. The van der Waals surface area contributed by atoms with Gasteiger partial charge in [0.1, 0.15) is 0 Å². The number of hydrogen-bond donors (Lipinski definition) is 1. The van der Waals surface area contributed by atoms with Gasteiger partial charge >= 0.3 is 47.9 Å². The summed E-state index contributed by atoms with van der Waals surface area (Å²) in [6.45, 7) is 0. The van der Waals surface area contributed by atoms with Crippen molar-refractivity contribution in [1.29, 1.82) is 0 Å². The number of hydrogen-bond acceptors (Lipinski definition) is 1. The normalized spacial score (nSPS) is 17.8. The van der Waals surface area contributed by atoms with Gasteiger partial charge in [0.25, 0.3) is 0 Å². The maximum Gasteiger partial charge on any atom is 0.460 e. The van der Waals surface area contributed by atoms with Crippen molar-refractivity contribution in [1.82, 2.24) is 0 Å². The average Bonchev–Trinajstić information content (AvgIpc) is 2.40. The first-order valence-electron chi connectivity index (χ1n) is 6.10. The van der Waals surface area contributed by atoms with Gasteiger partial charge in [-0.2, -0.15) is 65.9 Å². The van der Waals surface area contributed by atoms with Gasteiger partial charge in [-0.05, 0) is 0 Å². The van der Waals surface area contributed by atoms with Crippen molar-refractivity contribution >= 4 is 5.97 Å². The fourth-order valence-electron chi connectivity index (χ4n) is 1.89. The van der Waals surface area contributed by atoms with Crippen LogP contribution in [0, 0.1) is 0 Å². The van der Waals surface area contributed by atoms with Crippen LogP contribution in [0.4, 0.5) is 74.6 Å². The van der Waals surface area contributed by atoms with Crippen LogP contribution in [0.25, 0.3) is 0 Å². The predicted octanol–water partition coefficient (Wildman–Crippen LogP) is 5.47. The van der Waals surface area contributed by atoms with E-state index in [0.717, 1.165) is 0 Å². The molecule has 19 heteroatoms. The lowest BCUT2D eigenvalue weighted by Gasteiger charge is -2.47. The highest BCUT2D eigenvalue weighted by Gasteiger charge is 2.96. The first kappa shape index (κ1) is 27.3. The Bertz CT molecular complexity index is 612. The molecule has 0 aromatic heterocycles. The second kappa shape index (κ2) is 6.64. The lowest BCUT2D eigenvalue weighted by atomic mass is 9.73. The van der Waals surface area contributed by atoms with Gasteiger partial charge in [0, 0.05) is 0 Å². The Morgan fingerprint density at radius 3 is 1.03 bits per heavy atom. The summed E-state index contributed by atoms with van der Waals surface area (Å²) in [7, 11) is 0. The number of rotatable bonds is 6. The molecule has 0 rings (SSSR count). The van der Waals surface area contributed by atoms with Crippen molar-refractivity contribution in [2.24, 2.45) is 0 Å². The van der Waals surface area contributed by atoms with Crippen molar-refractivity contribution in [2.75, 3.05) is 0 Å². The smallest absolute Gasteiger partial charge is 0.460 e. The van der Waals surface area contributed by atoms with Gasteiger partial charge in [-0.15, -0.1) is 0 Å². The molecule has 0 amide bonds. The molecule has 0 heterocycles.